The number of hydrazine groups is 1. The summed E-state index contributed by atoms with van der Waals surface area (Å²) < 4.78 is 0. The lowest BCUT2D eigenvalue weighted by molar-refractivity contribution is 0.204. The van der Waals surface area contributed by atoms with Crippen molar-refractivity contribution in [3.63, 3.8) is 0 Å². The van der Waals surface area contributed by atoms with Crippen molar-refractivity contribution in [3.8, 4) is 0 Å². The van der Waals surface area contributed by atoms with Gasteiger partial charge in [-0.25, -0.2) is 5.84 Å². The predicted octanol–water partition coefficient (Wildman–Crippen LogP) is 0.146. The average molecular weight is 215 g/mol. The van der Waals surface area contributed by atoms with Crippen LogP contribution >= 0.6 is 0 Å². The molecule has 0 bridgehead atoms. The Morgan fingerprint density at radius 3 is 2.40 bits per heavy atom. The van der Waals surface area contributed by atoms with Gasteiger partial charge in [-0.3, -0.25) is 10.4 Å². The summed E-state index contributed by atoms with van der Waals surface area (Å²) in [5.74, 6) is 6.02. The summed E-state index contributed by atoms with van der Waals surface area (Å²) in [6.45, 7) is 7.97. The third-order valence-electron chi connectivity index (χ3n) is 2.51. The van der Waals surface area contributed by atoms with Gasteiger partial charge in [0.05, 0.1) is 6.54 Å². The third-order valence-corrected chi connectivity index (χ3v) is 2.51. The molecule has 4 N–H and O–H groups in total. The van der Waals surface area contributed by atoms with Gasteiger partial charge in [0.15, 0.2) is 0 Å². The smallest absolute Gasteiger partial charge is 0.205 e. The largest absolute Gasteiger partial charge is 0.355 e. The number of hydrogen-bond acceptors (Lipinski definition) is 3. The molecule has 0 aliphatic rings. The Hall–Kier alpha value is -0.810. The van der Waals surface area contributed by atoms with Crippen LogP contribution in [0.2, 0.25) is 0 Å². The van der Waals surface area contributed by atoms with Crippen LogP contribution in [-0.4, -0.2) is 43.6 Å². The fraction of sp³-hybridized carbons (Fsp3) is 0.900. The number of nitrogens with two attached hydrogens (primary N) is 1. The molecule has 5 heteroatoms. The summed E-state index contributed by atoms with van der Waals surface area (Å²) >= 11 is 0. The molecule has 15 heavy (non-hydrogen) atoms. The van der Waals surface area contributed by atoms with Crippen molar-refractivity contribution in [3.05, 3.63) is 0 Å². The van der Waals surface area contributed by atoms with Crippen molar-refractivity contribution in [2.24, 2.45) is 10.8 Å². The summed E-state index contributed by atoms with van der Waals surface area (Å²) in [5.41, 5.74) is 2.61. The average Bonchev–Trinajstić information content (AvgIpc) is 2.18. The number of likely N-dealkylation sites (N-methyl/N-ethyl adjacent to an activating group) is 1. The van der Waals surface area contributed by atoms with Gasteiger partial charge in [0.1, 0.15) is 0 Å². The highest BCUT2D eigenvalue weighted by Crippen LogP contribution is 2.09. The molecule has 0 radical (unpaired) electrons. The van der Waals surface area contributed by atoms with Crippen LogP contribution in [0.3, 0.4) is 0 Å². The lowest BCUT2D eigenvalue weighted by atomic mass is 10.1. The predicted molar refractivity (Wildman–Crippen MR) is 65.7 cm³/mol. The molecule has 0 fully saturated rings. The van der Waals surface area contributed by atoms with Crippen LogP contribution in [0.4, 0.5) is 0 Å². The standard InChI is InChI=1S/C10H25N5/c1-6-7-12-9(14-11)13-8-10(2,3)15(4)5/h6-8,11H2,1-5H3,(H2,12,13,14). The normalized spacial score (nSPS) is 13.1. The highest BCUT2D eigenvalue weighted by molar-refractivity contribution is 5.79. The maximum absolute atomic E-state index is 5.36. The maximum atomic E-state index is 5.36. The van der Waals surface area contributed by atoms with E-state index in [0.717, 1.165) is 13.0 Å². The lowest BCUT2D eigenvalue weighted by Gasteiger charge is -2.30. The summed E-state index contributed by atoms with van der Waals surface area (Å²) in [6, 6.07) is 0. The topological polar surface area (TPSA) is 65.7 Å². The van der Waals surface area contributed by atoms with Crippen LogP contribution < -0.4 is 16.6 Å². The quantitative estimate of drug-likeness (QED) is 0.264. The number of nitrogens with zero attached hydrogens (tertiary/aromatic N) is 2. The van der Waals surface area contributed by atoms with Crippen molar-refractivity contribution >= 4 is 5.96 Å². The molecule has 0 amide bonds. The van der Waals surface area contributed by atoms with Crippen molar-refractivity contribution in [2.45, 2.75) is 32.7 Å². The highest BCUT2D eigenvalue weighted by Gasteiger charge is 2.19. The molecule has 5 nitrogen and oxygen atoms in total. The van der Waals surface area contributed by atoms with Crippen molar-refractivity contribution in [1.82, 2.24) is 15.6 Å². The molecular formula is C10H25N5. The van der Waals surface area contributed by atoms with E-state index in [2.05, 4.69) is 41.4 Å². The number of rotatable bonds is 5. The summed E-state index contributed by atoms with van der Waals surface area (Å²) in [6.07, 6.45) is 1.05. The zero-order valence-corrected chi connectivity index (χ0v) is 10.6. The van der Waals surface area contributed by atoms with Gasteiger partial charge in [-0.2, -0.15) is 0 Å². The summed E-state index contributed by atoms with van der Waals surface area (Å²) in [5, 5.41) is 3.13. The van der Waals surface area contributed by atoms with E-state index in [0.29, 0.717) is 12.5 Å². The SMILES string of the molecule is CCCNC(=NCC(C)(C)N(C)C)NN. The number of hydrogen-bond donors (Lipinski definition) is 3. The van der Waals surface area contributed by atoms with Crippen LogP contribution in [0.5, 0.6) is 0 Å². The van der Waals surface area contributed by atoms with Crippen LogP contribution in [-0.2, 0) is 0 Å². The van der Waals surface area contributed by atoms with E-state index in [4.69, 9.17) is 5.84 Å². The van der Waals surface area contributed by atoms with Crippen LogP contribution in [0.1, 0.15) is 27.2 Å². The Kier molecular flexibility index (Phi) is 6.27. The van der Waals surface area contributed by atoms with Crippen molar-refractivity contribution in [2.75, 3.05) is 27.2 Å². The van der Waals surface area contributed by atoms with Crippen molar-refractivity contribution in [1.29, 1.82) is 0 Å². The first-order chi connectivity index (χ1) is 6.94. The molecular weight excluding hydrogens is 190 g/mol. The number of guanidine groups is 1. The van der Waals surface area contributed by atoms with Crippen LogP contribution in [0, 0.1) is 0 Å². The van der Waals surface area contributed by atoms with E-state index in [1.54, 1.807) is 0 Å². The molecule has 0 aliphatic heterocycles. The molecule has 0 spiro atoms. The Morgan fingerprint density at radius 1 is 1.40 bits per heavy atom. The Labute approximate surface area is 93.1 Å². The van der Waals surface area contributed by atoms with E-state index in [1.165, 1.54) is 0 Å². The van der Waals surface area contributed by atoms with Gasteiger partial charge in [0.2, 0.25) is 5.96 Å². The van der Waals surface area contributed by atoms with Gasteiger partial charge in [-0.05, 0) is 34.4 Å². The van der Waals surface area contributed by atoms with E-state index in [-0.39, 0.29) is 5.54 Å². The molecule has 0 atom stereocenters. The molecule has 0 aliphatic carbocycles. The highest BCUT2D eigenvalue weighted by atomic mass is 15.3. The van der Waals surface area contributed by atoms with Crippen LogP contribution in [0.25, 0.3) is 0 Å². The minimum Gasteiger partial charge on any atom is -0.355 e. The van der Waals surface area contributed by atoms with Gasteiger partial charge >= 0.3 is 0 Å². The fourth-order valence-electron chi connectivity index (χ4n) is 0.810. The van der Waals surface area contributed by atoms with Gasteiger partial charge < -0.3 is 10.2 Å². The molecule has 0 rings (SSSR count). The van der Waals surface area contributed by atoms with Gasteiger partial charge in [0, 0.05) is 12.1 Å². The van der Waals surface area contributed by atoms with Gasteiger partial charge in [-0.15, -0.1) is 0 Å². The van der Waals surface area contributed by atoms with E-state index in [9.17, 15) is 0 Å². The fourth-order valence-corrected chi connectivity index (χ4v) is 0.810. The monoisotopic (exact) mass is 215 g/mol. The first-order valence-corrected chi connectivity index (χ1v) is 5.36. The zero-order valence-electron chi connectivity index (χ0n) is 10.6. The summed E-state index contributed by atoms with van der Waals surface area (Å²) in [4.78, 5) is 6.54. The van der Waals surface area contributed by atoms with E-state index < -0.39 is 0 Å². The molecule has 0 aromatic carbocycles. The second kappa shape index (κ2) is 6.63. The maximum Gasteiger partial charge on any atom is 0.205 e. The number of nitrogens with one attached hydrogen (secondary N) is 2. The minimum atomic E-state index is 0.0377. The molecule has 0 aromatic rings. The Morgan fingerprint density at radius 2 is 2.00 bits per heavy atom. The second-order valence-electron chi connectivity index (χ2n) is 4.44. The molecule has 0 saturated carbocycles. The van der Waals surface area contributed by atoms with E-state index >= 15 is 0 Å². The molecule has 0 aromatic heterocycles. The van der Waals surface area contributed by atoms with E-state index in [1.807, 2.05) is 14.1 Å². The second-order valence-corrected chi connectivity index (χ2v) is 4.44. The van der Waals surface area contributed by atoms with Crippen molar-refractivity contribution < 1.29 is 0 Å². The molecule has 90 valence electrons. The zero-order chi connectivity index (χ0) is 11.9. The van der Waals surface area contributed by atoms with Gasteiger partial charge in [-0.1, -0.05) is 6.92 Å². The van der Waals surface area contributed by atoms with Gasteiger partial charge in [0.25, 0.3) is 0 Å². The van der Waals surface area contributed by atoms with Crippen LogP contribution in [0.15, 0.2) is 4.99 Å². The first kappa shape index (κ1) is 14.2. The Balaban J connectivity index is 4.20. The number of aliphatic imine (C=N–C) groups is 1. The molecule has 0 saturated heterocycles. The lowest BCUT2D eigenvalue weighted by Crippen LogP contribution is -2.45. The Bertz CT molecular complexity index is 198. The first-order valence-electron chi connectivity index (χ1n) is 5.36. The molecule has 0 unspecified atom stereocenters. The summed E-state index contributed by atoms with van der Waals surface area (Å²) in [7, 11) is 4.09. The molecule has 0 heterocycles. The minimum absolute atomic E-state index is 0.0377. The third kappa shape index (κ3) is 5.59.